The average molecular weight is 571 g/mol. The van der Waals surface area contributed by atoms with Gasteiger partial charge in [0.05, 0.1) is 37.0 Å². The molecule has 1 aromatic heterocycles. The van der Waals surface area contributed by atoms with Crippen LogP contribution in [0, 0.1) is 13.8 Å². The van der Waals surface area contributed by atoms with Crippen molar-refractivity contribution < 1.29 is 28.9 Å². The number of likely N-dealkylation sites (N-methyl/N-ethyl adjacent to an activating group) is 1. The van der Waals surface area contributed by atoms with Crippen LogP contribution >= 0.6 is 11.8 Å². The molecule has 3 N–H and O–H groups in total. The smallest absolute Gasteiger partial charge is 0.344 e. The molecule has 1 aromatic carbocycles. The number of aliphatic imine (C=N–C) groups is 1. The highest BCUT2D eigenvalue weighted by Gasteiger charge is 2.34. The number of hydrogen-bond acceptors (Lipinski definition) is 9. The molecular weight excluding hydrogens is 532 g/mol. The maximum atomic E-state index is 13.0. The lowest BCUT2D eigenvalue weighted by atomic mass is 10.1. The summed E-state index contributed by atoms with van der Waals surface area (Å²) in [6.07, 6.45) is 1.71. The van der Waals surface area contributed by atoms with Crippen molar-refractivity contribution in [3.05, 3.63) is 57.0 Å². The Hall–Kier alpha value is -3.70. The van der Waals surface area contributed by atoms with Gasteiger partial charge in [0.1, 0.15) is 16.4 Å². The van der Waals surface area contributed by atoms with E-state index in [0.717, 1.165) is 37.0 Å². The van der Waals surface area contributed by atoms with Crippen molar-refractivity contribution in [3.63, 3.8) is 0 Å². The van der Waals surface area contributed by atoms with Gasteiger partial charge in [-0.25, -0.2) is 9.79 Å². The minimum Gasteiger partial charge on any atom is -0.506 e. The first-order valence-corrected chi connectivity index (χ1v) is 14.0. The second-order valence-electron chi connectivity index (χ2n) is 8.96. The molecule has 11 heteroatoms. The number of aliphatic hydroxyl groups is 1. The third-order valence-corrected chi connectivity index (χ3v) is 7.57. The lowest BCUT2D eigenvalue weighted by Crippen LogP contribution is -2.35. The largest absolute Gasteiger partial charge is 0.506 e. The average Bonchev–Trinajstić information content (AvgIpc) is 3.40. The van der Waals surface area contributed by atoms with Crippen LogP contribution in [0.3, 0.4) is 0 Å². The third kappa shape index (κ3) is 6.89. The zero-order valence-electron chi connectivity index (χ0n) is 24.1. The molecule has 2 heterocycles. The topological polar surface area (TPSA) is 125 Å². The molecular formula is C29H38N4O6S. The molecule has 0 radical (unpaired) electrons. The number of carbonyl (C=O) groups excluding carboxylic acids is 2. The first-order valence-electron chi connectivity index (χ1n) is 13.2. The van der Waals surface area contributed by atoms with Crippen LogP contribution in [0.15, 0.2) is 39.4 Å². The Morgan fingerprint density at radius 3 is 2.45 bits per heavy atom. The van der Waals surface area contributed by atoms with E-state index in [9.17, 15) is 14.7 Å². The van der Waals surface area contributed by atoms with Crippen LogP contribution in [0.2, 0.25) is 0 Å². The van der Waals surface area contributed by atoms with E-state index in [1.807, 2.05) is 13.8 Å². The van der Waals surface area contributed by atoms with Gasteiger partial charge in [-0.3, -0.25) is 4.79 Å². The number of H-pyrrole nitrogens is 1. The van der Waals surface area contributed by atoms with Gasteiger partial charge in [-0.1, -0.05) is 25.6 Å². The number of aryl methyl sites for hydroxylation is 1. The fraction of sp³-hybridized carbons (Fsp3) is 0.414. The Morgan fingerprint density at radius 2 is 1.82 bits per heavy atom. The van der Waals surface area contributed by atoms with E-state index >= 15 is 0 Å². The van der Waals surface area contributed by atoms with Crippen molar-refractivity contribution in [1.29, 1.82) is 0 Å². The van der Waals surface area contributed by atoms with Gasteiger partial charge in [0.2, 0.25) is 0 Å². The predicted molar refractivity (Wildman–Crippen MR) is 159 cm³/mol. The Kier molecular flexibility index (Phi) is 10.9. The molecule has 1 aliphatic rings. The van der Waals surface area contributed by atoms with E-state index in [1.54, 1.807) is 38.3 Å². The van der Waals surface area contributed by atoms with Crippen LogP contribution in [0.1, 0.15) is 48.1 Å². The van der Waals surface area contributed by atoms with E-state index in [1.165, 1.54) is 7.11 Å². The number of ether oxygens (including phenoxy) is 3. The number of rotatable bonds is 12. The zero-order chi connectivity index (χ0) is 29.4. The van der Waals surface area contributed by atoms with Crippen molar-refractivity contribution in [2.45, 2.75) is 34.6 Å². The SMILES string of the molecule is CCOC(=O)C1=C(O)/C(=C\c2[nH]c(C)c(C(=O)NCCN(CC)CC)c2C)SC1=Nc1ccc(OC)c(OC)c1. The number of hydrogen-bond donors (Lipinski definition) is 3. The van der Waals surface area contributed by atoms with Crippen molar-refractivity contribution in [2.24, 2.45) is 4.99 Å². The minimum atomic E-state index is -0.678. The highest BCUT2D eigenvalue weighted by molar-refractivity contribution is 8.18. The Morgan fingerprint density at radius 1 is 1.12 bits per heavy atom. The summed E-state index contributed by atoms with van der Waals surface area (Å²) in [6, 6.07) is 5.11. The molecule has 1 aliphatic heterocycles. The molecule has 2 aromatic rings. The van der Waals surface area contributed by atoms with Crippen molar-refractivity contribution >= 4 is 40.4 Å². The van der Waals surface area contributed by atoms with Gasteiger partial charge in [0.25, 0.3) is 5.91 Å². The molecule has 0 unspecified atom stereocenters. The summed E-state index contributed by atoms with van der Waals surface area (Å²) < 4.78 is 15.9. The summed E-state index contributed by atoms with van der Waals surface area (Å²) >= 11 is 1.14. The first kappa shape index (κ1) is 30.8. The molecule has 0 aliphatic carbocycles. The highest BCUT2D eigenvalue weighted by Crippen LogP contribution is 2.41. The molecule has 0 bridgehead atoms. The van der Waals surface area contributed by atoms with Crippen LogP contribution in [0.5, 0.6) is 11.5 Å². The van der Waals surface area contributed by atoms with Crippen LogP contribution < -0.4 is 14.8 Å². The Labute approximate surface area is 239 Å². The number of esters is 1. The lowest BCUT2D eigenvalue weighted by molar-refractivity contribution is -0.138. The van der Waals surface area contributed by atoms with Crippen LogP contribution in [-0.4, -0.2) is 78.9 Å². The maximum Gasteiger partial charge on any atom is 0.344 e. The highest BCUT2D eigenvalue weighted by atomic mass is 32.2. The van der Waals surface area contributed by atoms with Gasteiger partial charge in [-0.05, 0) is 57.6 Å². The monoisotopic (exact) mass is 570 g/mol. The Balaban J connectivity index is 1.94. The number of aromatic nitrogens is 1. The maximum absolute atomic E-state index is 13.0. The molecule has 216 valence electrons. The van der Waals surface area contributed by atoms with Crippen LogP contribution in [0.25, 0.3) is 6.08 Å². The normalized spacial score (nSPS) is 15.3. The van der Waals surface area contributed by atoms with Gasteiger partial charge < -0.3 is 34.5 Å². The first-order chi connectivity index (χ1) is 19.2. The summed E-state index contributed by atoms with van der Waals surface area (Å²) in [5.41, 5.74) is 3.14. The molecule has 0 saturated heterocycles. The molecule has 1 amide bonds. The number of thioether (sulfide) groups is 1. The van der Waals surface area contributed by atoms with Gasteiger partial charge in [0.15, 0.2) is 11.5 Å². The molecule has 3 rings (SSSR count). The second kappa shape index (κ2) is 14.1. The van der Waals surface area contributed by atoms with Gasteiger partial charge in [0, 0.05) is 30.5 Å². The summed E-state index contributed by atoms with van der Waals surface area (Å²) in [5, 5.41) is 14.4. The van der Waals surface area contributed by atoms with Gasteiger partial charge in [-0.2, -0.15) is 0 Å². The molecule has 0 atom stereocenters. The number of amides is 1. The van der Waals surface area contributed by atoms with Crippen LogP contribution in [0.4, 0.5) is 5.69 Å². The number of nitrogens with zero attached hydrogens (tertiary/aromatic N) is 2. The number of aromatic amines is 1. The fourth-order valence-corrected chi connectivity index (χ4v) is 5.37. The van der Waals surface area contributed by atoms with Crippen LogP contribution in [-0.2, 0) is 9.53 Å². The molecule has 0 fully saturated rings. The zero-order valence-corrected chi connectivity index (χ0v) is 25.0. The molecule has 0 spiro atoms. The van der Waals surface area contributed by atoms with Crippen molar-refractivity contribution in [2.75, 3.05) is 47.0 Å². The lowest BCUT2D eigenvalue weighted by Gasteiger charge is -2.18. The summed E-state index contributed by atoms with van der Waals surface area (Å²) in [6.45, 7) is 12.9. The number of aliphatic hydroxyl groups excluding tert-OH is 1. The van der Waals surface area contributed by atoms with Gasteiger partial charge in [-0.15, -0.1) is 0 Å². The second-order valence-corrected chi connectivity index (χ2v) is 9.99. The molecule has 40 heavy (non-hydrogen) atoms. The summed E-state index contributed by atoms with van der Waals surface area (Å²) in [5.74, 6) is -0.0536. The van der Waals surface area contributed by atoms with Gasteiger partial charge >= 0.3 is 5.97 Å². The van der Waals surface area contributed by atoms with Crippen molar-refractivity contribution in [3.8, 4) is 11.5 Å². The van der Waals surface area contributed by atoms with Crippen molar-refractivity contribution in [1.82, 2.24) is 15.2 Å². The van der Waals surface area contributed by atoms with E-state index < -0.39 is 5.97 Å². The standard InChI is InChI=1S/C29H38N4O6S/c1-8-33(9-2)14-13-30-27(35)24-17(4)20(31-18(24)5)16-23-26(34)25(29(36)39-10-3)28(40-23)32-19-11-12-21(37-6)22(15-19)38-7/h11-12,15-16,31,34H,8-10,13-14H2,1-7H3,(H,30,35)/b23-16+,32-28?. The number of nitrogens with one attached hydrogen (secondary N) is 2. The number of benzene rings is 1. The molecule has 10 nitrogen and oxygen atoms in total. The van der Waals surface area contributed by atoms with E-state index in [4.69, 9.17) is 14.2 Å². The summed E-state index contributed by atoms with van der Waals surface area (Å²) in [4.78, 5) is 36.3. The Bertz CT molecular complexity index is 1340. The summed E-state index contributed by atoms with van der Waals surface area (Å²) in [7, 11) is 3.06. The van der Waals surface area contributed by atoms with E-state index in [2.05, 4.69) is 34.0 Å². The quantitative estimate of drug-likeness (QED) is 0.307. The predicted octanol–water partition coefficient (Wildman–Crippen LogP) is 4.91. The third-order valence-electron chi connectivity index (χ3n) is 6.55. The minimum absolute atomic E-state index is 0.0248. The molecule has 0 saturated carbocycles. The van der Waals surface area contributed by atoms with E-state index in [0.29, 0.717) is 45.6 Å². The number of carbonyl (C=O) groups is 2. The number of methoxy groups -OCH3 is 2. The van der Waals surface area contributed by atoms with E-state index in [-0.39, 0.29) is 28.9 Å². The fourth-order valence-electron chi connectivity index (χ4n) is 4.35.